The van der Waals surface area contributed by atoms with Crippen molar-refractivity contribution in [1.29, 1.82) is 0 Å². The van der Waals surface area contributed by atoms with Gasteiger partial charge in [0.2, 0.25) is 10.0 Å². The van der Waals surface area contributed by atoms with E-state index in [0.29, 0.717) is 10.5 Å². The summed E-state index contributed by atoms with van der Waals surface area (Å²) in [4.78, 5) is 2.00. The highest BCUT2D eigenvalue weighted by Crippen LogP contribution is 2.25. The first-order valence-corrected chi connectivity index (χ1v) is 8.50. The zero-order chi connectivity index (χ0) is 14.8. The van der Waals surface area contributed by atoms with E-state index in [1.165, 1.54) is 11.3 Å². The monoisotopic (exact) mass is 311 g/mol. The highest BCUT2D eigenvalue weighted by atomic mass is 32.2. The quantitative estimate of drug-likeness (QED) is 0.891. The maximum atomic E-state index is 12.2. The van der Waals surface area contributed by atoms with Gasteiger partial charge in [0, 0.05) is 16.3 Å². The van der Waals surface area contributed by atoms with Crippen molar-refractivity contribution < 1.29 is 13.5 Å². The Morgan fingerprint density at radius 2 is 1.90 bits per heavy atom. The molecule has 20 heavy (non-hydrogen) atoms. The smallest absolute Gasteiger partial charge is 0.241 e. The molecule has 0 bridgehead atoms. The topological polar surface area (TPSA) is 66.4 Å². The molecular formula is C14H17NO3S2. The van der Waals surface area contributed by atoms with E-state index < -0.39 is 16.1 Å². The summed E-state index contributed by atoms with van der Waals surface area (Å²) in [6, 6.07) is 10.6. The van der Waals surface area contributed by atoms with Crippen LogP contribution >= 0.6 is 11.3 Å². The minimum Gasteiger partial charge on any atom is -0.387 e. The van der Waals surface area contributed by atoms with Gasteiger partial charge < -0.3 is 5.11 Å². The number of nitrogens with one attached hydrogen (secondary N) is 1. The molecule has 0 aliphatic heterocycles. The van der Waals surface area contributed by atoms with Crippen molar-refractivity contribution in [3.8, 4) is 0 Å². The van der Waals surface area contributed by atoms with Crippen molar-refractivity contribution in [3.05, 3.63) is 51.7 Å². The van der Waals surface area contributed by atoms with Crippen LogP contribution in [0.1, 0.15) is 21.4 Å². The summed E-state index contributed by atoms with van der Waals surface area (Å²) < 4.78 is 26.8. The zero-order valence-electron chi connectivity index (χ0n) is 11.3. The van der Waals surface area contributed by atoms with E-state index in [4.69, 9.17) is 0 Å². The van der Waals surface area contributed by atoms with Crippen LogP contribution in [0.15, 0.2) is 41.3 Å². The van der Waals surface area contributed by atoms with Gasteiger partial charge in [-0.3, -0.25) is 0 Å². The van der Waals surface area contributed by atoms with Gasteiger partial charge in [0.05, 0.1) is 11.0 Å². The number of aryl methyl sites for hydroxylation is 2. The van der Waals surface area contributed by atoms with Gasteiger partial charge in [-0.2, -0.15) is 0 Å². The number of hydrogen-bond donors (Lipinski definition) is 2. The lowest BCUT2D eigenvalue weighted by molar-refractivity contribution is 0.182. The van der Waals surface area contributed by atoms with Crippen molar-refractivity contribution in [3.63, 3.8) is 0 Å². The first-order valence-electron chi connectivity index (χ1n) is 6.20. The third-order valence-corrected chi connectivity index (χ3v) is 5.58. The van der Waals surface area contributed by atoms with E-state index in [-0.39, 0.29) is 6.54 Å². The van der Waals surface area contributed by atoms with Gasteiger partial charge >= 0.3 is 0 Å². The first kappa shape index (κ1) is 15.2. The summed E-state index contributed by atoms with van der Waals surface area (Å²) >= 11 is 1.45. The Morgan fingerprint density at radius 3 is 2.45 bits per heavy atom. The van der Waals surface area contributed by atoms with E-state index in [9.17, 15) is 13.5 Å². The molecule has 2 aromatic rings. The van der Waals surface area contributed by atoms with Crippen molar-refractivity contribution in [2.24, 2.45) is 0 Å². The predicted octanol–water partition coefficient (Wildman–Crippen LogP) is 2.38. The molecule has 0 fully saturated rings. The van der Waals surface area contributed by atoms with Crippen molar-refractivity contribution in [2.45, 2.75) is 24.8 Å². The molecule has 1 unspecified atom stereocenters. The maximum absolute atomic E-state index is 12.2. The molecule has 2 rings (SSSR count). The van der Waals surface area contributed by atoms with Crippen LogP contribution in [-0.2, 0) is 10.0 Å². The normalized spacial score (nSPS) is 13.3. The Balaban J connectivity index is 2.08. The second kappa shape index (κ2) is 6.05. The Hall–Kier alpha value is -1.21. The van der Waals surface area contributed by atoms with Crippen molar-refractivity contribution >= 4 is 21.4 Å². The molecule has 1 aromatic carbocycles. The summed E-state index contributed by atoms with van der Waals surface area (Å²) in [6.45, 7) is 3.61. The summed E-state index contributed by atoms with van der Waals surface area (Å²) in [7, 11) is -3.57. The number of aliphatic hydroxyl groups excluding tert-OH is 1. The van der Waals surface area contributed by atoms with Gasteiger partial charge in [-0.15, -0.1) is 11.3 Å². The molecule has 0 saturated carbocycles. The lowest BCUT2D eigenvalue weighted by Crippen LogP contribution is -2.28. The molecule has 4 nitrogen and oxygen atoms in total. The Morgan fingerprint density at radius 1 is 1.25 bits per heavy atom. The molecule has 1 heterocycles. The summed E-state index contributed by atoms with van der Waals surface area (Å²) in [6.07, 6.45) is -0.856. The molecule has 0 amide bonds. The molecule has 0 radical (unpaired) electrons. The average Bonchev–Trinajstić information content (AvgIpc) is 2.77. The molecule has 0 saturated heterocycles. The third kappa shape index (κ3) is 3.46. The van der Waals surface area contributed by atoms with E-state index in [2.05, 4.69) is 4.72 Å². The van der Waals surface area contributed by atoms with Crippen LogP contribution in [0.2, 0.25) is 0 Å². The van der Waals surface area contributed by atoms with Gasteiger partial charge in [-0.05, 0) is 25.5 Å². The van der Waals surface area contributed by atoms with Crippen LogP contribution in [0.25, 0.3) is 0 Å². The third-order valence-electron chi connectivity index (χ3n) is 2.94. The molecule has 0 aliphatic carbocycles. The molecule has 2 N–H and O–H groups in total. The first-order chi connectivity index (χ1) is 9.40. The number of sulfonamides is 1. The highest BCUT2D eigenvalue weighted by Gasteiger charge is 2.20. The van der Waals surface area contributed by atoms with Gasteiger partial charge in [-0.1, -0.05) is 30.3 Å². The van der Waals surface area contributed by atoms with E-state index in [1.807, 2.05) is 13.0 Å². The van der Waals surface area contributed by atoms with Gasteiger partial charge in [0.25, 0.3) is 0 Å². The second-order valence-electron chi connectivity index (χ2n) is 4.56. The van der Waals surface area contributed by atoms with E-state index in [0.717, 1.165) is 9.75 Å². The van der Waals surface area contributed by atoms with Gasteiger partial charge in [0.1, 0.15) is 0 Å². The molecule has 108 valence electrons. The minimum atomic E-state index is -3.57. The number of hydrogen-bond acceptors (Lipinski definition) is 4. The minimum absolute atomic E-state index is 0.0410. The highest BCUT2D eigenvalue weighted by molar-refractivity contribution is 7.89. The number of benzene rings is 1. The fourth-order valence-corrected chi connectivity index (χ4v) is 4.52. The Kier molecular flexibility index (Phi) is 4.59. The molecular weight excluding hydrogens is 294 g/mol. The molecule has 1 aromatic heterocycles. The lowest BCUT2D eigenvalue weighted by atomic mass is 10.1. The van der Waals surface area contributed by atoms with Crippen molar-refractivity contribution in [2.75, 3.05) is 6.54 Å². The average molecular weight is 311 g/mol. The SMILES string of the molecule is Cc1cc(S(=O)(=O)NCC(O)c2ccccc2)c(C)s1. The summed E-state index contributed by atoms with van der Waals surface area (Å²) in [5.41, 5.74) is 0.688. The summed E-state index contributed by atoms with van der Waals surface area (Å²) in [5, 5.41) is 9.98. The van der Waals surface area contributed by atoms with Crippen molar-refractivity contribution in [1.82, 2.24) is 4.72 Å². The number of thiophene rings is 1. The van der Waals surface area contributed by atoms with Crippen LogP contribution in [0.4, 0.5) is 0 Å². The number of rotatable bonds is 5. The Bertz CT molecular complexity index is 678. The number of aliphatic hydroxyl groups is 1. The van der Waals surface area contributed by atoms with E-state index in [1.54, 1.807) is 37.3 Å². The standard InChI is InChI=1S/C14H17NO3S2/c1-10-8-14(11(2)19-10)20(17,18)15-9-13(16)12-6-4-3-5-7-12/h3-8,13,15-16H,9H2,1-2H3. The summed E-state index contributed by atoms with van der Waals surface area (Å²) in [5.74, 6) is 0. The van der Waals surface area contributed by atoms with E-state index >= 15 is 0 Å². The Labute approximate surface area is 123 Å². The largest absolute Gasteiger partial charge is 0.387 e. The van der Waals surface area contributed by atoms with Crippen LogP contribution in [0.3, 0.4) is 0 Å². The maximum Gasteiger partial charge on any atom is 0.241 e. The van der Waals surface area contributed by atoms with Gasteiger partial charge in [0.15, 0.2) is 0 Å². The lowest BCUT2D eigenvalue weighted by Gasteiger charge is -2.12. The fourth-order valence-electron chi connectivity index (χ4n) is 1.93. The van der Waals surface area contributed by atoms with Gasteiger partial charge in [-0.25, -0.2) is 13.1 Å². The van der Waals surface area contributed by atoms with Crippen LogP contribution in [0.5, 0.6) is 0 Å². The predicted molar refractivity (Wildman–Crippen MR) is 80.4 cm³/mol. The molecule has 6 heteroatoms. The van der Waals surface area contributed by atoms with Crippen LogP contribution in [-0.4, -0.2) is 20.1 Å². The second-order valence-corrected chi connectivity index (χ2v) is 7.75. The zero-order valence-corrected chi connectivity index (χ0v) is 13.0. The molecule has 1 atom stereocenters. The fraction of sp³-hybridized carbons (Fsp3) is 0.286. The molecule has 0 aliphatic rings. The van der Waals surface area contributed by atoms with Crippen LogP contribution < -0.4 is 4.72 Å². The molecule has 0 spiro atoms. The van der Waals surface area contributed by atoms with Crippen LogP contribution in [0, 0.1) is 13.8 Å².